The molecular formula is C11H14ClN5O2. The predicted octanol–water partition coefficient (Wildman–Crippen LogP) is -0.0555. The van der Waals surface area contributed by atoms with E-state index in [-0.39, 0.29) is 18.0 Å². The first-order valence-electron chi connectivity index (χ1n) is 5.85. The van der Waals surface area contributed by atoms with Crippen molar-refractivity contribution in [2.24, 2.45) is 0 Å². The number of imidazole rings is 1. The molecule has 0 unspecified atom stereocenters. The predicted molar refractivity (Wildman–Crippen MR) is 70.3 cm³/mol. The van der Waals surface area contributed by atoms with Crippen molar-refractivity contribution in [3.8, 4) is 0 Å². The number of nitrogens with one attached hydrogen (secondary N) is 1. The van der Waals surface area contributed by atoms with E-state index in [1.807, 2.05) is 0 Å². The molecule has 2 aromatic heterocycles. The van der Waals surface area contributed by atoms with Gasteiger partial charge in [-0.15, -0.1) is 11.6 Å². The number of alkyl halides is 1. The first-order valence-corrected chi connectivity index (χ1v) is 6.39. The Hall–Kier alpha value is -1.89. The summed E-state index contributed by atoms with van der Waals surface area (Å²) < 4.78 is 2.67. The summed E-state index contributed by atoms with van der Waals surface area (Å²) in [5, 5.41) is 6.71. The van der Waals surface area contributed by atoms with E-state index in [2.05, 4.69) is 15.4 Å². The van der Waals surface area contributed by atoms with Gasteiger partial charge in [-0.2, -0.15) is 5.10 Å². The van der Waals surface area contributed by atoms with E-state index >= 15 is 0 Å². The lowest BCUT2D eigenvalue weighted by Gasteiger charge is -2.06. The molecule has 0 radical (unpaired) electrons. The van der Waals surface area contributed by atoms with Crippen LogP contribution in [0, 0.1) is 6.92 Å². The molecule has 0 fully saturated rings. The van der Waals surface area contributed by atoms with Gasteiger partial charge in [0, 0.05) is 12.4 Å². The van der Waals surface area contributed by atoms with Crippen molar-refractivity contribution in [1.82, 2.24) is 24.5 Å². The number of aryl methyl sites for hydroxylation is 1. The summed E-state index contributed by atoms with van der Waals surface area (Å²) in [6, 6.07) is 0. The number of hydrogen-bond donors (Lipinski definition) is 1. The van der Waals surface area contributed by atoms with E-state index in [0.29, 0.717) is 30.1 Å². The number of fused-ring (bicyclic) bond motifs is 1. The summed E-state index contributed by atoms with van der Waals surface area (Å²) in [7, 11) is 0. The normalized spacial score (nSPS) is 10.8. The Bertz CT molecular complexity index is 648. The first-order chi connectivity index (χ1) is 9.13. The van der Waals surface area contributed by atoms with Crippen LogP contribution in [0.5, 0.6) is 0 Å². The number of hydrogen-bond acceptors (Lipinski definition) is 4. The van der Waals surface area contributed by atoms with E-state index in [0.717, 1.165) is 0 Å². The molecule has 102 valence electrons. The lowest BCUT2D eigenvalue weighted by molar-refractivity contribution is -0.121. The number of carbonyl (C=O) groups excluding carboxylic acids is 1. The first kappa shape index (κ1) is 13.5. The largest absolute Gasteiger partial charge is 0.355 e. The second-order valence-corrected chi connectivity index (χ2v) is 4.46. The second kappa shape index (κ2) is 5.83. The van der Waals surface area contributed by atoms with Gasteiger partial charge in [0.05, 0.1) is 5.69 Å². The van der Waals surface area contributed by atoms with Crippen molar-refractivity contribution in [3.63, 3.8) is 0 Å². The molecule has 0 spiro atoms. The van der Waals surface area contributed by atoms with E-state index in [4.69, 9.17) is 11.6 Å². The lowest BCUT2D eigenvalue weighted by atomic mass is 10.4. The van der Waals surface area contributed by atoms with Crippen LogP contribution in [0.2, 0.25) is 0 Å². The monoisotopic (exact) mass is 283 g/mol. The summed E-state index contributed by atoms with van der Waals surface area (Å²) in [5.41, 5.74) is 0.697. The Kier molecular flexibility index (Phi) is 4.16. The molecule has 1 N–H and O–H groups in total. The molecule has 0 aliphatic rings. The van der Waals surface area contributed by atoms with Crippen molar-refractivity contribution < 1.29 is 4.79 Å². The zero-order valence-electron chi connectivity index (χ0n) is 10.5. The van der Waals surface area contributed by atoms with Gasteiger partial charge in [0.2, 0.25) is 5.91 Å². The van der Waals surface area contributed by atoms with Gasteiger partial charge >= 0.3 is 0 Å². The minimum atomic E-state index is -0.280. The summed E-state index contributed by atoms with van der Waals surface area (Å²) in [6.45, 7) is 2.16. The van der Waals surface area contributed by atoms with E-state index in [9.17, 15) is 9.59 Å². The van der Waals surface area contributed by atoms with Crippen molar-refractivity contribution in [3.05, 3.63) is 28.7 Å². The molecule has 7 nitrogen and oxygen atoms in total. The quantitative estimate of drug-likeness (QED) is 0.616. The fourth-order valence-electron chi connectivity index (χ4n) is 1.69. The highest BCUT2D eigenvalue weighted by atomic mass is 35.5. The number of carbonyl (C=O) groups is 1. The fraction of sp³-hybridized carbons (Fsp3) is 0.455. The van der Waals surface area contributed by atoms with Gasteiger partial charge in [-0.1, -0.05) is 0 Å². The highest BCUT2D eigenvalue weighted by Crippen LogP contribution is 1.99. The molecule has 0 aliphatic heterocycles. The van der Waals surface area contributed by atoms with Gasteiger partial charge in [-0.3, -0.25) is 14.2 Å². The molecule has 0 atom stereocenters. The third-order valence-electron chi connectivity index (χ3n) is 2.66. The van der Waals surface area contributed by atoms with Crippen molar-refractivity contribution in [2.75, 3.05) is 12.4 Å². The SMILES string of the molecule is Cc1ncn2ncn(CC(=O)NCCCCl)c(=O)c12. The topological polar surface area (TPSA) is 81.3 Å². The Balaban J connectivity index is 2.17. The molecule has 8 heteroatoms. The van der Waals surface area contributed by atoms with Crippen molar-refractivity contribution >= 4 is 23.0 Å². The van der Waals surface area contributed by atoms with Gasteiger partial charge in [0.25, 0.3) is 5.56 Å². The highest BCUT2D eigenvalue weighted by Gasteiger charge is 2.10. The third-order valence-corrected chi connectivity index (χ3v) is 2.93. The standard InChI is InChI=1S/C11H14ClN5O2/c1-8-10-11(19)16(7-15-17(10)6-14-8)5-9(18)13-4-2-3-12/h6-7H,2-5H2,1H3,(H,13,18). The van der Waals surface area contributed by atoms with E-state index < -0.39 is 0 Å². The number of halogens is 1. The maximum atomic E-state index is 12.1. The molecule has 2 heterocycles. The summed E-state index contributed by atoms with van der Waals surface area (Å²) >= 11 is 5.51. The number of aromatic nitrogens is 4. The second-order valence-electron chi connectivity index (χ2n) is 4.08. The van der Waals surface area contributed by atoms with Crippen LogP contribution in [0.3, 0.4) is 0 Å². The molecule has 0 aromatic carbocycles. The lowest BCUT2D eigenvalue weighted by Crippen LogP contribution is -2.33. The molecule has 19 heavy (non-hydrogen) atoms. The zero-order valence-corrected chi connectivity index (χ0v) is 11.2. The molecule has 2 rings (SSSR count). The molecule has 2 aromatic rings. The maximum Gasteiger partial charge on any atom is 0.280 e. The Morgan fingerprint density at radius 3 is 3.00 bits per heavy atom. The van der Waals surface area contributed by atoms with Crippen molar-refractivity contribution in [1.29, 1.82) is 0 Å². The third kappa shape index (κ3) is 2.93. The van der Waals surface area contributed by atoms with Gasteiger partial charge in [0.15, 0.2) is 5.52 Å². The summed E-state index contributed by atoms with van der Waals surface area (Å²) in [6.07, 6.45) is 3.50. The van der Waals surface area contributed by atoms with Crippen molar-refractivity contribution in [2.45, 2.75) is 19.9 Å². The van der Waals surface area contributed by atoms with Gasteiger partial charge in [0.1, 0.15) is 19.2 Å². The Morgan fingerprint density at radius 2 is 2.26 bits per heavy atom. The van der Waals surface area contributed by atoms with Crippen LogP contribution < -0.4 is 10.9 Å². The highest BCUT2D eigenvalue weighted by molar-refractivity contribution is 6.17. The van der Waals surface area contributed by atoms with Crippen LogP contribution in [-0.4, -0.2) is 37.5 Å². The van der Waals surface area contributed by atoms with Crippen LogP contribution in [0.25, 0.3) is 5.52 Å². The van der Waals surface area contributed by atoms with Crippen LogP contribution in [0.4, 0.5) is 0 Å². The Labute approximate surface area is 114 Å². The number of nitrogens with zero attached hydrogens (tertiary/aromatic N) is 4. The Morgan fingerprint density at radius 1 is 1.47 bits per heavy atom. The number of amides is 1. The molecule has 0 aliphatic carbocycles. The average Bonchev–Trinajstić information content (AvgIpc) is 2.76. The molecule has 0 bridgehead atoms. The summed E-state index contributed by atoms with van der Waals surface area (Å²) in [4.78, 5) is 27.8. The van der Waals surface area contributed by atoms with E-state index in [1.165, 1.54) is 21.7 Å². The maximum absolute atomic E-state index is 12.1. The minimum Gasteiger partial charge on any atom is -0.355 e. The summed E-state index contributed by atoms with van der Waals surface area (Å²) in [5.74, 6) is 0.249. The molecule has 0 saturated carbocycles. The molecule has 0 saturated heterocycles. The average molecular weight is 284 g/mol. The molecule has 1 amide bonds. The van der Waals surface area contributed by atoms with Gasteiger partial charge in [-0.25, -0.2) is 9.50 Å². The number of rotatable bonds is 5. The van der Waals surface area contributed by atoms with Crippen LogP contribution >= 0.6 is 11.6 Å². The molecular weight excluding hydrogens is 270 g/mol. The zero-order chi connectivity index (χ0) is 13.8. The van der Waals surface area contributed by atoms with Crippen LogP contribution in [0.15, 0.2) is 17.4 Å². The van der Waals surface area contributed by atoms with Gasteiger partial charge < -0.3 is 5.32 Å². The fourth-order valence-corrected chi connectivity index (χ4v) is 1.82. The van der Waals surface area contributed by atoms with Crippen LogP contribution in [-0.2, 0) is 11.3 Å². The minimum absolute atomic E-state index is 0.0603. The van der Waals surface area contributed by atoms with Crippen LogP contribution in [0.1, 0.15) is 12.1 Å². The van der Waals surface area contributed by atoms with Gasteiger partial charge in [-0.05, 0) is 13.3 Å². The smallest absolute Gasteiger partial charge is 0.280 e. The van der Waals surface area contributed by atoms with E-state index in [1.54, 1.807) is 6.92 Å².